The van der Waals surface area contributed by atoms with Gasteiger partial charge in [-0.05, 0) is 48.9 Å². The maximum Gasteiger partial charge on any atom is 0.315 e. The Balaban J connectivity index is 1.55. The lowest BCUT2D eigenvalue weighted by molar-refractivity contribution is 0.240. The first-order chi connectivity index (χ1) is 11.5. The largest absolute Gasteiger partial charge is 0.334 e. The molecule has 3 rings (SSSR count). The monoisotopic (exact) mass is 329 g/mol. The number of hydrogen-bond donors (Lipinski definition) is 3. The first kappa shape index (κ1) is 16.2. The smallest absolute Gasteiger partial charge is 0.315 e. The zero-order valence-electron chi connectivity index (χ0n) is 13.5. The second kappa shape index (κ2) is 6.86. The molecule has 24 heavy (non-hydrogen) atoms. The van der Waals surface area contributed by atoms with Crippen LogP contribution >= 0.6 is 0 Å². The first-order valence-corrected chi connectivity index (χ1v) is 8.01. The van der Waals surface area contributed by atoms with Crippen LogP contribution < -0.4 is 16.2 Å². The molecule has 1 fully saturated rings. The summed E-state index contributed by atoms with van der Waals surface area (Å²) in [7, 11) is 0. The third-order valence-corrected chi connectivity index (χ3v) is 4.12. The van der Waals surface area contributed by atoms with Crippen LogP contribution in [-0.4, -0.2) is 11.0 Å². The van der Waals surface area contributed by atoms with Crippen LogP contribution in [0.3, 0.4) is 0 Å². The van der Waals surface area contributed by atoms with Gasteiger partial charge in [0.05, 0.1) is 0 Å². The van der Waals surface area contributed by atoms with Gasteiger partial charge in [0.2, 0.25) is 0 Å². The molecule has 6 heteroatoms. The van der Waals surface area contributed by atoms with Gasteiger partial charge in [-0.25, -0.2) is 9.18 Å². The maximum atomic E-state index is 13.8. The summed E-state index contributed by atoms with van der Waals surface area (Å²) in [5.74, 6) is 0.209. The van der Waals surface area contributed by atoms with E-state index in [-0.39, 0.29) is 24.5 Å². The van der Waals surface area contributed by atoms with Crippen LogP contribution in [0.2, 0.25) is 0 Å². The summed E-state index contributed by atoms with van der Waals surface area (Å²) < 4.78 is 13.8. The fourth-order valence-electron chi connectivity index (χ4n) is 2.60. The highest BCUT2D eigenvalue weighted by atomic mass is 19.1. The molecule has 0 atom stereocenters. The van der Waals surface area contributed by atoms with E-state index in [1.165, 1.54) is 6.07 Å². The summed E-state index contributed by atoms with van der Waals surface area (Å²) in [6.45, 7) is 2.09. The standard InChI is InChI=1S/C18H20FN3O2/c1-11-6-15(17(23)20-8-11)10-22-18(24)21-9-14-7-13(12-2-3-12)4-5-16(14)19/h4-8,12H,2-3,9-10H2,1H3,(H,20,23)(H2,21,22,24). The lowest BCUT2D eigenvalue weighted by atomic mass is 10.1. The van der Waals surface area contributed by atoms with Crippen molar-refractivity contribution < 1.29 is 9.18 Å². The van der Waals surface area contributed by atoms with E-state index in [2.05, 4.69) is 15.6 Å². The van der Waals surface area contributed by atoms with Gasteiger partial charge in [0, 0.05) is 30.4 Å². The van der Waals surface area contributed by atoms with E-state index >= 15 is 0 Å². The van der Waals surface area contributed by atoms with E-state index in [1.807, 2.05) is 13.0 Å². The van der Waals surface area contributed by atoms with Gasteiger partial charge in [-0.15, -0.1) is 0 Å². The molecule has 0 radical (unpaired) electrons. The highest BCUT2D eigenvalue weighted by Crippen LogP contribution is 2.40. The molecule has 1 aromatic carbocycles. The molecule has 0 aliphatic heterocycles. The molecular weight excluding hydrogens is 309 g/mol. The summed E-state index contributed by atoms with van der Waals surface area (Å²) in [6, 6.07) is 6.36. The predicted octanol–water partition coefficient (Wildman–Crippen LogP) is 2.70. The molecule has 126 valence electrons. The Hall–Kier alpha value is -2.63. The van der Waals surface area contributed by atoms with Crippen LogP contribution in [0.4, 0.5) is 9.18 Å². The molecule has 2 aromatic rings. The average molecular weight is 329 g/mol. The molecule has 3 N–H and O–H groups in total. The molecule has 0 spiro atoms. The number of rotatable bonds is 5. The summed E-state index contributed by atoms with van der Waals surface area (Å²) in [6.07, 6.45) is 3.90. The molecule has 1 saturated carbocycles. The quantitative estimate of drug-likeness (QED) is 0.789. The average Bonchev–Trinajstić information content (AvgIpc) is 3.40. The Morgan fingerprint density at radius 1 is 1.21 bits per heavy atom. The van der Waals surface area contributed by atoms with E-state index in [4.69, 9.17) is 0 Å². The normalized spacial score (nSPS) is 13.6. The minimum Gasteiger partial charge on any atom is -0.334 e. The SMILES string of the molecule is Cc1c[nH]c(=O)c(CNC(=O)NCc2cc(C3CC3)ccc2F)c1. The van der Waals surface area contributed by atoms with Crippen LogP contribution in [0.15, 0.2) is 35.3 Å². The summed E-state index contributed by atoms with van der Waals surface area (Å²) in [4.78, 5) is 26.1. The van der Waals surface area contributed by atoms with Gasteiger partial charge in [0.25, 0.3) is 5.56 Å². The van der Waals surface area contributed by atoms with Gasteiger partial charge in [0.1, 0.15) is 5.82 Å². The summed E-state index contributed by atoms with van der Waals surface area (Å²) >= 11 is 0. The van der Waals surface area contributed by atoms with Crippen molar-refractivity contribution in [2.24, 2.45) is 0 Å². The zero-order chi connectivity index (χ0) is 17.1. The number of benzene rings is 1. The van der Waals surface area contributed by atoms with Gasteiger partial charge >= 0.3 is 6.03 Å². The molecule has 1 aliphatic carbocycles. The fraction of sp³-hybridized carbons (Fsp3) is 0.333. The number of carbonyl (C=O) groups excluding carboxylic acids is 1. The van der Waals surface area contributed by atoms with E-state index < -0.39 is 6.03 Å². The first-order valence-electron chi connectivity index (χ1n) is 8.01. The number of halogens is 1. The van der Waals surface area contributed by atoms with Crippen molar-refractivity contribution in [2.75, 3.05) is 0 Å². The van der Waals surface area contributed by atoms with Crippen molar-refractivity contribution in [3.8, 4) is 0 Å². The lowest BCUT2D eigenvalue weighted by Crippen LogP contribution is -2.36. The number of H-pyrrole nitrogens is 1. The Morgan fingerprint density at radius 3 is 2.62 bits per heavy atom. The molecular formula is C18H20FN3O2. The number of aromatic amines is 1. The van der Waals surface area contributed by atoms with Gasteiger partial charge < -0.3 is 15.6 Å². The Kier molecular flexibility index (Phi) is 4.64. The zero-order valence-corrected chi connectivity index (χ0v) is 13.5. The number of aromatic nitrogens is 1. The Bertz CT molecular complexity index is 812. The van der Waals surface area contributed by atoms with Gasteiger partial charge in [-0.2, -0.15) is 0 Å². The van der Waals surface area contributed by atoms with Gasteiger partial charge in [0.15, 0.2) is 0 Å². The molecule has 5 nitrogen and oxygen atoms in total. The van der Waals surface area contributed by atoms with Crippen LogP contribution in [-0.2, 0) is 13.1 Å². The van der Waals surface area contributed by atoms with Crippen molar-refractivity contribution in [3.63, 3.8) is 0 Å². The van der Waals surface area contributed by atoms with Crippen molar-refractivity contribution in [1.82, 2.24) is 15.6 Å². The lowest BCUT2D eigenvalue weighted by Gasteiger charge is -2.10. The van der Waals surface area contributed by atoms with Crippen LogP contribution in [0.25, 0.3) is 0 Å². The van der Waals surface area contributed by atoms with E-state index in [0.717, 1.165) is 24.0 Å². The molecule has 0 saturated heterocycles. The molecule has 1 heterocycles. The van der Waals surface area contributed by atoms with Crippen LogP contribution in [0.5, 0.6) is 0 Å². The number of urea groups is 1. The number of nitrogens with one attached hydrogen (secondary N) is 3. The van der Waals surface area contributed by atoms with Crippen molar-refractivity contribution in [1.29, 1.82) is 0 Å². The van der Waals surface area contributed by atoms with Crippen molar-refractivity contribution >= 4 is 6.03 Å². The summed E-state index contributed by atoms with van der Waals surface area (Å²) in [5, 5.41) is 5.24. The highest BCUT2D eigenvalue weighted by molar-refractivity contribution is 5.73. The fourth-order valence-corrected chi connectivity index (χ4v) is 2.60. The molecule has 0 unspecified atom stereocenters. The van der Waals surface area contributed by atoms with E-state index in [0.29, 0.717) is 17.0 Å². The maximum absolute atomic E-state index is 13.8. The van der Waals surface area contributed by atoms with Crippen LogP contribution in [0, 0.1) is 12.7 Å². The van der Waals surface area contributed by atoms with Crippen molar-refractivity contribution in [3.05, 3.63) is 68.9 Å². The third kappa shape index (κ3) is 4.01. The van der Waals surface area contributed by atoms with Crippen LogP contribution in [0.1, 0.15) is 41.0 Å². The number of amides is 2. The second-order valence-corrected chi connectivity index (χ2v) is 6.19. The van der Waals surface area contributed by atoms with E-state index in [1.54, 1.807) is 18.3 Å². The Morgan fingerprint density at radius 2 is 1.92 bits per heavy atom. The molecule has 1 aromatic heterocycles. The van der Waals surface area contributed by atoms with E-state index in [9.17, 15) is 14.0 Å². The number of aryl methyl sites for hydroxylation is 1. The minimum absolute atomic E-state index is 0.113. The Labute approximate surface area is 139 Å². The number of carbonyl (C=O) groups is 1. The summed E-state index contributed by atoms with van der Waals surface area (Å²) in [5.41, 5.74) is 2.75. The van der Waals surface area contributed by atoms with Gasteiger partial charge in [-0.1, -0.05) is 12.1 Å². The highest BCUT2D eigenvalue weighted by Gasteiger charge is 2.24. The second-order valence-electron chi connectivity index (χ2n) is 6.19. The minimum atomic E-state index is -0.438. The topological polar surface area (TPSA) is 74.0 Å². The third-order valence-electron chi connectivity index (χ3n) is 4.12. The molecule has 0 bridgehead atoms. The number of hydrogen-bond acceptors (Lipinski definition) is 2. The van der Waals surface area contributed by atoms with Gasteiger partial charge in [-0.3, -0.25) is 4.79 Å². The molecule has 2 amide bonds. The van der Waals surface area contributed by atoms with Crippen molar-refractivity contribution in [2.45, 2.75) is 38.8 Å². The molecule has 1 aliphatic rings. The predicted molar refractivity (Wildman–Crippen MR) is 89.3 cm³/mol. The number of pyridine rings is 1.